The van der Waals surface area contributed by atoms with Gasteiger partial charge in [-0.15, -0.1) is 0 Å². The topological polar surface area (TPSA) is 64.7 Å². The van der Waals surface area contributed by atoms with Crippen molar-refractivity contribution in [3.63, 3.8) is 0 Å². The zero-order valence-electron chi connectivity index (χ0n) is 15.3. The average molecular weight is 349 g/mol. The Labute approximate surface area is 152 Å². The second-order valence-electron chi connectivity index (χ2n) is 7.18. The van der Waals surface area contributed by atoms with E-state index in [1.54, 1.807) is 12.4 Å². The van der Waals surface area contributed by atoms with Crippen molar-refractivity contribution in [2.45, 2.75) is 39.7 Å². The Morgan fingerprint density at radius 1 is 1.31 bits per heavy atom. The number of carbonyl (C=O) groups is 1. The van der Waals surface area contributed by atoms with E-state index in [9.17, 15) is 4.79 Å². The number of para-hydroxylation sites is 1. The van der Waals surface area contributed by atoms with Gasteiger partial charge in [0.2, 0.25) is 5.91 Å². The smallest absolute Gasteiger partial charge is 0.229 e. The third-order valence-corrected chi connectivity index (χ3v) is 4.97. The molecule has 6 heteroatoms. The fraction of sp³-hybridized carbons (Fsp3) is 0.350. The van der Waals surface area contributed by atoms with Crippen LogP contribution < -0.4 is 5.32 Å². The van der Waals surface area contributed by atoms with Gasteiger partial charge in [0.25, 0.3) is 0 Å². The number of anilines is 1. The van der Waals surface area contributed by atoms with Crippen LogP contribution in [0.2, 0.25) is 0 Å². The van der Waals surface area contributed by atoms with Crippen molar-refractivity contribution >= 4 is 11.6 Å². The van der Waals surface area contributed by atoms with Crippen LogP contribution in [-0.4, -0.2) is 25.2 Å². The van der Waals surface area contributed by atoms with E-state index in [2.05, 4.69) is 48.3 Å². The van der Waals surface area contributed by atoms with Crippen molar-refractivity contribution in [2.75, 3.05) is 5.32 Å². The van der Waals surface area contributed by atoms with Gasteiger partial charge in [0.1, 0.15) is 5.82 Å². The standard InChI is InChI=1S/C20H23N5O/c1-13(2)19-16(11-22-25(19)17-7-5-4-6-14(17)3)23-20(26)15-10-18-21-8-9-24(18)12-15/h4-9,11,13,15H,10,12H2,1-3H3,(H,23,26). The van der Waals surface area contributed by atoms with Crippen LogP contribution >= 0.6 is 0 Å². The number of aromatic nitrogens is 4. The largest absolute Gasteiger partial charge is 0.334 e. The summed E-state index contributed by atoms with van der Waals surface area (Å²) >= 11 is 0. The van der Waals surface area contributed by atoms with Crippen LogP contribution in [0.5, 0.6) is 0 Å². The minimum atomic E-state index is -0.0828. The number of fused-ring (bicyclic) bond motifs is 1. The van der Waals surface area contributed by atoms with Gasteiger partial charge in [0.05, 0.1) is 29.2 Å². The number of aryl methyl sites for hydroxylation is 1. The number of imidazole rings is 1. The maximum atomic E-state index is 12.8. The molecule has 1 aromatic carbocycles. The third-order valence-electron chi connectivity index (χ3n) is 4.97. The van der Waals surface area contributed by atoms with Gasteiger partial charge in [-0.3, -0.25) is 4.79 Å². The molecule has 1 amide bonds. The number of carbonyl (C=O) groups excluding carboxylic acids is 1. The van der Waals surface area contributed by atoms with E-state index in [1.165, 1.54) is 0 Å². The molecule has 3 aromatic rings. The molecule has 0 spiro atoms. The number of amides is 1. The Morgan fingerprint density at radius 3 is 2.85 bits per heavy atom. The lowest BCUT2D eigenvalue weighted by atomic mass is 10.1. The van der Waals surface area contributed by atoms with Gasteiger partial charge in [0, 0.05) is 25.4 Å². The number of nitrogens with one attached hydrogen (secondary N) is 1. The van der Waals surface area contributed by atoms with Gasteiger partial charge in [0.15, 0.2) is 0 Å². The molecule has 1 atom stereocenters. The lowest BCUT2D eigenvalue weighted by Gasteiger charge is -2.16. The van der Waals surface area contributed by atoms with Crippen molar-refractivity contribution in [3.8, 4) is 5.69 Å². The molecule has 4 rings (SSSR count). The molecule has 1 aliphatic rings. The molecule has 6 nitrogen and oxygen atoms in total. The van der Waals surface area contributed by atoms with Gasteiger partial charge >= 0.3 is 0 Å². The molecule has 0 saturated heterocycles. The summed E-state index contributed by atoms with van der Waals surface area (Å²) in [5, 5.41) is 7.67. The van der Waals surface area contributed by atoms with E-state index in [0.717, 1.165) is 28.5 Å². The molecule has 3 heterocycles. The van der Waals surface area contributed by atoms with Gasteiger partial charge < -0.3 is 9.88 Å². The molecule has 0 fully saturated rings. The van der Waals surface area contributed by atoms with Crippen molar-refractivity contribution in [3.05, 3.63) is 59.9 Å². The van der Waals surface area contributed by atoms with Crippen LogP contribution in [0, 0.1) is 12.8 Å². The molecule has 1 N–H and O–H groups in total. The molecule has 1 unspecified atom stereocenters. The summed E-state index contributed by atoms with van der Waals surface area (Å²) in [5.41, 5.74) is 4.00. The SMILES string of the molecule is Cc1ccccc1-n1ncc(NC(=O)C2Cc3nccn3C2)c1C(C)C. The van der Waals surface area contributed by atoms with E-state index in [4.69, 9.17) is 0 Å². The number of hydrogen-bond acceptors (Lipinski definition) is 3. The van der Waals surface area contributed by atoms with Crippen LogP contribution in [-0.2, 0) is 17.8 Å². The first-order valence-corrected chi connectivity index (χ1v) is 8.99. The Morgan fingerprint density at radius 2 is 2.12 bits per heavy atom. The van der Waals surface area contributed by atoms with Crippen molar-refractivity contribution in [1.82, 2.24) is 19.3 Å². The third kappa shape index (κ3) is 2.81. The first-order valence-electron chi connectivity index (χ1n) is 8.99. The molecular weight excluding hydrogens is 326 g/mol. The highest BCUT2D eigenvalue weighted by Crippen LogP contribution is 2.29. The summed E-state index contributed by atoms with van der Waals surface area (Å²) in [6.07, 6.45) is 6.15. The van der Waals surface area contributed by atoms with Crippen molar-refractivity contribution in [1.29, 1.82) is 0 Å². The quantitative estimate of drug-likeness (QED) is 0.786. The average Bonchev–Trinajstić information content (AvgIpc) is 3.28. The Hall–Kier alpha value is -2.89. The van der Waals surface area contributed by atoms with Gasteiger partial charge in [-0.1, -0.05) is 32.0 Å². The normalized spacial score (nSPS) is 16.1. The van der Waals surface area contributed by atoms with Gasteiger partial charge in [-0.25, -0.2) is 9.67 Å². The zero-order chi connectivity index (χ0) is 18.3. The highest BCUT2D eigenvalue weighted by molar-refractivity contribution is 5.93. The first kappa shape index (κ1) is 16.6. The molecule has 1 aliphatic heterocycles. The molecule has 0 saturated carbocycles. The van der Waals surface area contributed by atoms with E-state index < -0.39 is 0 Å². The van der Waals surface area contributed by atoms with Crippen LogP contribution in [0.25, 0.3) is 5.69 Å². The molecule has 134 valence electrons. The fourth-order valence-electron chi connectivity index (χ4n) is 3.63. The Balaban J connectivity index is 1.60. The number of nitrogens with zero attached hydrogens (tertiary/aromatic N) is 4. The second kappa shape index (κ2) is 6.44. The maximum absolute atomic E-state index is 12.8. The minimum absolute atomic E-state index is 0.0294. The maximum Gasteiger partial charge on any atom is 0.229 e. The predicted molar refractivity (Wildman–Crippen MR) is 100 cm³/mol. The monoisotopic (exact) mass is 349 g/mol. The predicted octanol–water partition coefficient (Wildman–Crippen LogP) is 3.31. The molecular formula is C20H23N5O. The van der Waals surface area contributed by atoms with E-state index in [0.29, 0.717) is 13.0 Å². The summed E-state index contributed by atoms with van der Waals surface area (Å²) in [4.78, 5) is 17.1. The summed E-state index contributed by atoms with van der Waals surface area (Å²) in [6.45, 7) is 6.99. The summed E-state index contributed by atoms with van der Waals surface area (Å²) in [7, 11) is 0. The molecule has 0 bridgehead atoms. The molecule has 0 radical (unpaired) electrons. The zero-order valence-corrected chi connectivity index (χ0v) is 15.3. The summed E-state index contributed by atoms with van der Waals surface area (Å²) < 4.78 is 3.99. The van der Waals surface area contributed by atoms with Crippen LogP contribution in [0.4, 0.5) is 5.69 Å². The molecule has 26 heavy (non-hydrogen) atoms. The van der Waals surface area contributed by atoms with E-state index in [-0.39, 0.29) is 17.7 Å². The second-order valence-corrected chi connectivity index (χ2v) is 7.18. The summed E-state index contributed by atoms with van der Waals surface area (Å²) in [5.74, 6) is 1.15. The van der Waals surface area contributed by atoms with Crippen molar-refractivity contribution in [2.24, 2.45) is 5.92 Å². The van der Waals surface area contributed by atoms with Gasteiger partial charge in [-0.2, -0.15) is 5.10 Å². The lowest BCUT2D eigenvalue weighted by molar-refractivity contribution is -0.119. The number of hydrogen-bond donors (Lipinski definition) is 1. The Bertz CT molecular complexity index is 932. The van der Waals surface area contributed by atoms with E-state index in [1.807, 2.05) is 27.6 Å². The van der Waals surface area contributed by atoms with E-state index >= 15 is 0 Å². The Kier molecular flexibility index (Phi) is 4.11. The lowest BCUT2D eigenvalue weighted by Crippen LogP contribution is -2.24. The van der Waals surface area contributed by atoms with Crippen LogP contribution in [0.3, 0.4) is 0 Å². The fourth-order valence-corrected chi connectivity index (χ4v) is 3.63. The van der Waals surface area contributed by atoms with Crippen LogP contribution in [0.15, 0.2) is 42.9 Å². The first-order chi connectivity index (χ1) is 12.5. The minimum Gasteiger partial charge on any atom is -0.334 e. The summed E-state index contributed by atoms with van der Waals surface area (Å²) in [6, 6.07) is 8.14. The molecule has 2 aromatic heterocycles. The highest BCUT2D eigenvalue weighted by Gasteiger charge is 2.29. The number of rotatable bonds is 4. The van der Waals surface area contributed by atoms with Gasteiger partial charge in [-0.05, 0) is 24.5 Å². The molecule has 0 aliphatic carbocycles. The van der Waals surface area contributed by atoms with Crippen molar-refractivity contribution < 1.29 is 4.79 Å². The number of benzene rings is 1. The highest BCUT2D eigenvalue weighted by atomic mass is 16.2. The van der Waals surface area contributed by atoms with Crippen LogP contribution in [0.1, 0.15) is 36.8 Å².